The third kappa shape index (κ3) is 1.98. The topological polar surface area (TPSA) is 29.9 Å². The van der Waals surface area contributed by atoms with Crippen LogP contribution in [0.25, 0.3) is 16.9 Å². The van der Waals surface area contributed by atoms with E-state index in [1.807, 2.05) is 0 Å². The van der Waals surface area contributed by atoms with E-state index in [-0.39, 0.29) is 0 Å². The predicted octanol–water partition coefficient (Wildman–Crippen LogP) is 4.19. The van der Waals surface area contributed by atoms with Crippen LogP contribution in [0.4, 0.5) is 5.82 Å². The summed E-state index contributed by atoms with van der Waals surface area (Å²) in [5, 5.41) is 12.6. The predicted molar refractivity (Wildman–Crippen MR) is 88.5 cm³/mol. The molecule has 21 heavy (non-hydrogen) atoms. The van der Waals surface area contributed by atoms with Crippen LogP contribution >= 0.6 is 11.3 Å². The van der Waals surface area contributed by atoms with Gasteiger partial charge < -0.3 is 5.32 Å². The van der Waals surface area contributed by atoms with Gasteiger partial charge in [-0.3, -0.25) is 0 Å². The van der Waals surface area contributed by atoms with Crippen molar-refractivity contribution in [2.45, 2.75) is 20.3 Å². The summed E-state index contributed by atoms with van der Waals surface area (Å²) in [7, 11) is 0. The van der Waals surface area contributed by atoms with Gasteiger partial charge in [0, 0.05) is 23.1 Å². The second-order valence-electron chi connectivity index (χ2n) is 5.54. The van der Waals surface area contributed by atoms with Gasteiger partial charge in [0.2, 0.25) is 0 Å². The Labute approximate surface area is 128 Å². The van der Waals surface area contributed by atoms with Crippen LogP contribution in [0.15, 0.2) is 35.0 Å². The van der Waals surface area contributed by atoms with Crippen molar-refractivity contribution < 1.29 is 0 Å². The van der Waals surface area contributed by atoms with Crippen molar-refractivity contribution in [1.82, 2.24) is 9.78 Å². The van der Waals surface area contributed by atoms with Gasteiger partial charge in [-0.15, -0.1) is 0 Å². The number of anilines is 1. The number of rotatable bonds is 2. The Morgan fingerprint density at radius 2 is 2.10 bits per heavy atom. The van der Waals surface area contributed by atoms with E-state index in [9.17, 15) is 0 Å². The summed E-state index contributed by atoms with van der Waals surface area (Å²) in [5.74, 6) is 1.15. The Morgan fingerprint density at radius 1 is 1.19 bits per heavy atom. The zero-order chi connectivity index (χ0) is 14.4. The molecule has 4 rings (SSSR count). The van der Waals surface area contributed by atoms with Crippen LogP contribution in [0.2, 0.25) is 0 Å². The van der Waals surface area contributed by atoms with E-state index in [0.717, 1.165) is 30.2 Å². The molecule has 3 aromatic rings. The van der Waals surface area contributed by atoms with E-state index in [4.69, 9.17) is 5.10 Å². The number of benzene rings is 1. The summed E-state index contributed by atoms with van der Waals surface area (Å²) in [5.41, 5.74) is 7.43. The largest absolute Gasteiger partial charge is 0.369 e. The van der Waals surface area contributed by atoms with Crippen molar-refractivity contribution in [3.8, 4) is 16.9 Å². The first-order chi connectivity index (χ1) is 10.2. The molecule has 1 aliphatic heterocycles. The van der Waals surface area contributed by atoms with Crippen molar-refractivity contribution in [2.24, 2.45) is 0 Å². The highest BCUT2D eigenvalue weighted by molar-refractivity contribution is 7.08. The van der Waals surface area contributed by atoms with Gasteiger partial charge in [-0.25, -0.2) is 4.68 Å². The van der Waals surface area contributed by atoms with Crippen molar-refractivity contribution >= 4 is 17.2 Å². The Bertz CT molecular complexity index is 800. The lowest BCUT2D eigenvalue weighted by Crippen LogP contribution is -2.04. The first-order valence-corrected chi connectivity index (χ1v) is 8.14. The smallest absolute Gasteiger partial charge is 0.133 e. The Kier molecular flexibility index (Phi) is 2.86. The molecule has 0 fully saturated rings. The first-order valence-electron chi connectivity index (χ1n) is 7.20. The van der Waals surface area contributed by atoms with Crippen LogP contribution in [0.5, 0.6) is 0 Å². The van der Waals surface area contributed by atoms with Gasteiger partial charge in [0.15, 0.2) is 0 Å². The molecule has 2 aromatic heterocycles. The number of fused-ring (bicyclic) bond motifs is 1. The average molecular weight is 295 g/mol. The van der Waals surface area contributed by atoms with E-state index in [2.05, 4.69) is 58.9 Å². The highest BCUT2D eigenvalue weighted by Gasteiger charge is 2.24. The molecule has 3 heterocycles. The second-order valence-corrected chi connectivity index (χ2v) is 6.32. The highest BCUT2D eigenvalue weighted by Crippen LogP contribution is 2.35. The first kappa shape index (κ1) is 12.7. The molecule has 1 aromatic carbocycles. The normalized spacial score (nSPS) is 13.2. The Hall–Kier alpha value is -2.07. The molecular weight excluding hydrogens is 278 g/mol. The summed E-state index contributed by atoms with van der Waals surface area (Å²) < 4.78 is 2.06. The number of thiophene rings is 1. The molecule has 0 bridgehead atoms. The van der Waals surface area contributed by atoms with E-state index in [1.54, 1.807) is 11.3 Å². The number of nitrogens with one attached hydrogen (secondary N) is 1. The van der Waals surface area contributed by atoms with Gasteiger partial charge in [0.05, 0.1) is 11.4 Å². The van der Waals surface area contributed by atoms with Crippen LogP contribution in [-0.4, -0.2) is 16.3 Å². The number of nitrogens with zero attached hydrogens (tertiary/aromatic N) is 2. The summed E-state index contributed by atoms with van der Waals surface area (Å²) >= 11 is 1.72. The lowest BCUT2D eigenvalue weighted by atomic mass is 10.1. The van der Waals surface area contributed by atoms with Crippen molar-refractivity contribution in [3.63, 3.8) is 0 Å². The SMILES string of the molecule is Cc1ccc(-n2nc(-c3ccsc3)c3c2NCC3)cc1C. The number of aromatic nitrogens is 2. The van der Waals surface area contributed by atoms with Crippen LogP contribution in [0, 0.1) is 13.8 Å². The fourth-order valence-corrected chi connectivity index (χ4v) is 3.49. The minimum atomic E-state index is 0.995. The summed E-state index contributed by atoms with van der Waals surface area (Å²) in [6, 6.07) is 8.67. The third-order valence-corrected chi connectivity index (χ3v) is 4.86. The van der Waals surface area contributed by atoms with E-state index in [0.29, 0.717) is 0 Å². The fraction of sp³-hybridized carbons (Fsp3) is 0.235. The maximum absolute atomic E-state index is 4.88. The molecule has 0 atom stereocenters. The molecule has 106 valence electrons. The van der Waals surface area contributed by atoms with E-state index < -0.39 is 0 Å². The van der Waals surface area contributed by atoms with Crippen molar-refractivity contribution in [1.29, 1.82) is 0 Å². The van der Waals surface area contributed by atoms with Crippen LogP contribution in [0.1, 0.15) is 16.7 Å². The molecule has 0 aliphatic carbocycles. The summed E-state index contributed by atoms with van der Waals surface area (Å²) in [4.78, 5) is 0. The molecule has 0 radical (unpaired) electrons. The fourth-order valence-electron chi connectivity index (χ4n) is 2.85. The molecule has 1 aliphatic rings. The minimum absolute atomic E-state index is 0.995. The average Bonchev–Trinajstić information content (AvgIpc) is 3.17. The van der Waals surface area contributed by atoms with Gasteiger partial charge in [0.1, 0.15) is 5.82 Å². The number of aryl methyl sites for hydroxylation is 2. The Balaban J connectivity index is 1.90. The maximum atomic E-state index is 4.88. The van der Waals surface area contributed by atoms with E-state index in [1.165, 1.54) is 22.3 Å². The highest BCUT2D eigenvalue weighted by atomic mass is 32.1. The summed E-state index contributed by atoms with van der Waals surface area (Å²) in [6.07, 6.45) is 1.05. The summed E-state index contributed by atoms with van der Waals surface area (Å²) in [6.45, 7) is 5.28. The monoisotopic (exact) mass is 295 g/mol. The lowest BCUT2D eigenvalue weighted by Gasteiger charge is -2.08. The number of hydrogen-bond donors (Lipinski definition) is 1. The van der Waals surface area contributed by atoms with Gasteiger partial charge in [-0.2, -0.15) is 16.4 Å². The third-order valence-electron chi connectivity index (χ3n) is 4.18. The van der Waals surface area contributed by atoms with Crippen molar-refractivity contribution in [3.05, 3.63) is 51.7 Å². The minimum Gasteiger partial charge on any atom is -0.369 e. The molecule has 1 N–H and O–H groups in total. The zero-order valence-corrected chi connectivity index (χ0v) is 13.0. The quantitative estimate of drug-likeness (QED) is 0.768. The Morgan fingerprint density at radius 3 is 2.86 bits per heavy atom. The molecule has 0 amide bonds. The maximum Gasteiger partial charge on any atom is 0.133 e. The molecule has 0 spiro atoms. The standard InChI is InChI=1S/C17H17N3S/c1-11-3-4-14(9-12(11)2)20-17-15(5-7-18-17)16(19-20)13-6-8-21-10-13/h3-4,6,8-10,18H,5,7H2,1-2H3. The molecule has 0 saturated heterocycles. The second kappa shape index (κ2) is 4.74. The van der Waals surface area contributed by atoms with Gasteiger partial charge in [-0.1, -0.05) is 6.07 Å². The number of hydrogen-bond acceptors (Lipinski definition) is 3. The molecule has 0 unspecified atom stereocenters. The van der Waals surface area contributed by atoms with Crippen LogP contribution in [-0.2, 0) is 6.42 Å². The van der Waals surface area contributed by atoms with E-state index >= 15 is 0 Å². The van der Waals surface area contributed by atoms with Crippen LogP contribution < -0.4 is 5.32 Å². The van der Waals surface area contributed by atoms with Gasteiger partial charge in [0.25, 0.3) is 0 Å². The lowest BCUT2D eigenvalue weighted by molar-refractivity contribution is 0.880. The molecule has 3 nitrogen and oxygen atoms in total. The molecule has 0 saturated carbocycles. The molecular formula is C17H17N3S. The van der Waals surface area contributed by atoms with Gasteiger partial charge >= 0.3 is 0 Å². The van der Waals surface area contributed by atoms with Crippen molar-refractivity contribution in [2.75, 3.05) is 11.9 Å². The van der Waals surface area contributed by atoms with Gasteiger partial charge in [-0.05, 0) is 55.0 Å². The van der Waals surface area contributed by atoms with Crippen LogP contribution in [0.3, 0.4) is 0 Å². The molecule has 4 heteroatoms. The zero-order valence-electron chi connectivity index (χ0n) is 12.2.